The van der Waals surface area contributed by atoms with E-state index in [0.29, 0.717) is 16.2 Å². The van der Waals surface area contributed by atoms with E-state index in [2.05, 4.69) is 65.8 Å². The molecule has 0 radical (unpaired) electrons. The summed E-state index contributed by atoms with van der Waals surface area (Å²) in [5, 5.41) is 0. The largest absolute Gasteiger partial charge is 0.0599 e. The van der Waals surface area contributed by atoms with Gasteiger partial charge in [0.15, 0.2) is 0 Å². The predicted molar refractivity (Wildman–Crippen MR) is 80.0 cm³/mol. The van der Waals surface area contributed by atoms with Gasteiger partial charge in [-0.1, -0.05) is 65.8 Å². The van der Waals surface area contributed by atoms with E-state index in [1.54, 1.807) is 5.56 Å². The molecular weight excluding hydrogens is 216 g/mol. The Morgan fingerprint density at radius 3 is 1.72 bits per heavy atom. The summed E-state index contributed by atoms with van der Waals surface area (Å²) in [6.07, 6.45) is 3.88. The molecule has 0 unspecified atom stereocenters. The maximum atomic E-state index is 2.38. The maximum absolute atomic E-state index is 2.38. The molecule has 1 aromatic rings. The van der Waals surface area contributed by atoms with E-state index in [4.69, 9.17) is 0 Å². The second-order valence-electron chi connectivity index (χ2n) is 8.27. The number of benzene rings is 1. The summed E-state index contributed by atoms with van der Waals surface area (Å²) in [6, 6.07) is 9.43. The summed E-state index contributed by atoms with van der Waals surface area (Å²) in [4.78, 5) is 0. The quantitative estimate of drug-likeness (QED) is 0.657. The number of hydrogen-bond donors (Lipinski definition) is 0. The SMILES string of the molecule is CC(C)(C)Cc1ccc(C2(C(C)(C)C)CC2)cc1. The molecule has 0 bridgehead atoms. The van der Waals surface area contributed by atoms with Gasteiger partial charge in [0.05, 0.1) is 0 Å². The molecule has 0 aliphatic heterocycles. The Kier molecular flexibility index (Phi) is 3.12. The zero-order valence-electron chi connectivity index (χ0n) is 12.9. The fraction of sp³-hybridized carbons (Fsp3) is 0.667. The van der Waals surface area contributed by atoms with E-state index in [0.717, 1.165) is 6.42 Å². The summed E-state index contributed by atoms with van der Waals surface area (Å²) < 4.78 is 0. The molecule has 0 N–H and O–H groups in total. The summed E-state index contributed by atoms with van der Waals surface area (Å²) >= 11 is 0. The molecule has 18 heavy (non-hydrogen) atoms. The number of rotatable bonds is 2. The standard InChI is InChI=1S/C18H28/c1-16(2,3)13-14-7-9-15(10-8-14)18(11-12-18)17(4,5)6/h7-10H,11-13H2,1-6H3. The van der Waals surface area contributed by atoms with Crippen LogP contribution in [0.5, 0.6) is 0 Å². The molecule has 1 aliphatic rings. The van der Waals surface area contributed by atoms with E-state index in [1.807, 2.05) is 0 Å². The van der Waals surface area contributed by atoms with Crippen molar-refractivity contribution in [2.75, 3.05) is 0 Å². The molecule has 0 spiro atoms. The highest BCUT2D eigenvalue weighted by atomic mass is 14.6. The Hall–Kier alpha value is -0.780. The van der Waals surface area contributed by atoms with E-state index in [9.17, 15) is 0 Å². The topological polar surface area (TPSA) is 0 Å². The summed E-state index contributed by atoms with van der Waals surface area (Å²) in [6.45, 7) is 14.0. The lowest BCUT2D eigenvalue weighted by molar-refractivity contribution is 0.298. The Morgan fingerprint density at radius 2 is 1.39 bits per heavy atom. The van der Waals surface area contributed by atoms with Crippen LogP contribution in [0.1, 0.15) is 65.5 Å². The molecule has 1 aromatic carbocycles. The highest BCUT2D eigenvalue weighted by Gasteiger charge is 2.52. The Balaban J connectivity index is 2.19. The van der Waals surface area contributed by atoms with E-state index in [-0.39, 0.29) is 0 Å². The zero-order chi connectivity index (χ0) is 13.6. The van der Waals surface area contributed by atoms with Crippen LogP contribution >= 0.6 is 0 Å². The fourth-order valence-electron chi connectivity index (χ4n) is 3.15. The van der Waals surface area contributed by atoms with Crippen LogP contribution in [0.2, 0.25) is 0 Å². The fourth-order valence-corrected chi connectivity index (χ4v) is 3.15. The van der Waals surface area contributed by atoms with Gasteiger partial charge in [0.1, 0.15) is 0 Å². The van der Waals surface area contributed by atoms with Crippen molar-refractivity contribution >= 4 is 0 Å². The molecule has 0 atom stereocenters. The van der Waals surface area contributed by atoms with Gasteiger partial charge in [-0.2, -0.15) is 0 Å². The van der Waals surface area contributed by atoms with Crippen molar-refractivity contribution in [2.45, 2.75) is 66.2 Å². The lowest BCUT2D eigenvalue weighted by Gasteiger charge is -2.31. The van der Waals surface area contributed by atoms with E-state index >= 15 is 0 Å². The van der Waals surface area contributed by atoms with Gasteiger partial charge < -0.3 is 0 Å². The van der Waals surface area contributed by atoms with Crippen LogP contribution in [0.3, 0.4) is 0 Å². The lowest BCUT2D eigenvalue weighted by Crippen LogP contribution is -2.26. The first-order valence-electron chi connectivity index (χ1n) is 7.24. The van der Waals surface area contributed by atoms with Crippen molar-refractivity contribution in [3.63, 3.8) is 0 Å². The van der Waals surface area contributed by atoms with E-state index < -0.39 is 0 Å². The van der Waals surface area contributed by atoms with Crippen molar-refractivity contribution in [2.24, 2.45) is 10.8 Å². The molecule has 0 saturated heterocycles. The van der Waals surface area contributed by atoms with Crippen molar-refractivity contribution in [1.29, 1.82) is 0 Å². The van der Waals surface area contributed by atoms with Crippen LogP contribution in [-0.2, 0) is 11.8 Å². The summed E-state index contributed by atoms with van der Waals surface area (Å²) in [7, 11) is 0. The zero-order valence-corrected chi connectivity index (χ0v) is 12.9. The van der Waals surface area contributed by atoms with Crippen molar-refractivity contribution in [3.8, 4) is 0 Å². The third-order valence-corrected chi connectivity index (χ3v) is 4.43. The van der Waals surface area contributed by atoms with Crippen LogP contribution in [0, 0.1) is 10.8 Å². The minimum atomic E-state index is 0.378. The first-order chi connectivity index (χ1) is 8.14. The molecule has 0 heterocycles. The monoisotopic (exact) mass is 244 g/mol. The maximum Gasteiger partial charge on any atom is 0.000213 e. The van der Waals surface area contributed by atoms with Crippen molar-refractivity contribution in [3.05, 3.63) is 35.4 Å². The summed E-state index contributed by atoms with van der Waals surface area (Å²) in [5.74, 6) is 0. The normalized spacial score (nSPS) is 18.8. The van der Waals surface area contributed by atoms with Gasteiger partial charge in [-0.25, -0.2) is 0 Å². The highest BCUT2D eigenvalue weighted by molar-refractivity contribution is 5.36. The first kappa shape index (κ1) is 13.6. The molecule has 2 rings (SSSR count). The molecular formula is C18H28. The van der Waals surface area contributed by atoms with Crippen LogP contribution in [0.4, 0.5) is 0 Å². The molecule has 1 fully saturated rings. The molecule has 0 heteroatoms. The second kappa shape index (κ2) is 4.11. The lowest BCUT2D eigenvalue weighted by atomic mass is 9.73. The van der Waals surface area contributed by atoms with E-state index in [1.165, 1.54) is 18.4 Å². The predicted octanol–water partition coefficient (Wildman–Crippen LogP) is 5.35. The second-order valence-corrected chi connectivity index (χ2v) is 8.27. The average molecular weight is 244 g/mol. The molecule has 0 amide bonds. The third kappa shape index (κ3) is 2.63. The van der Waals surface area contributed by atoms with Crippen LogP contribution in [-0.4, -0.2) is 0 Å². The van der Waals surface area contributed by atoms with Gasteiger partial charge in [-0.05, 0) is 41.2 Å². The van der Waals surface area contributed by atoms with Gasteiger partial charge in [0.25, 0.3) is 0 Å². The highest BCUT2D eigenvalue weighted by Crippen LogP contribution is 2.59. The van der Waals surface area contributed by atoms with Gasteiger partial charge >= 0.3 is 0 Å². The van der Waals surface area contributed by atoms with Gasteiger partial charge in [-0.15, -0.1) is 0 Å². The van der Waals surface area contributed by atoms with Gasteiger partial charge in [0.2, 0.25) is 0 Å². The Bertz CT molecular complexity index is 405. The molecule has 0 aromatic heterocycles. The molecule has 1 aliphatic carbocycles. The Labute approximate surface area is 113 Å². The number of hydrogen-bond acceptors (Lipinski definition) is 0. The van der Waals surface area contributed by atoms with Gasteiger partial charge in [0, 0.05) is 5.41 Å². The molecule has 0 nitrogen and oxygen atoms in total. The minimum absolute atomic E-state index is 0.378. The molecule has 100 valence electrons. The smallest absolute Gasteiger partial charge is 0.000213 e. The van der Waals surface area contributed by atoms with Crippen molar-refractivity contribution in [1.82, 2.24) is 0 Å². The van der Waals surface area contributed by atoms with Crippen LogP contribution in [0.15, 0.2) is 24.3 Å². The van der Waals surface area contributed by atoms with Crippen LogP contribution in [0.25, 0.3) is 0 Å². The minimum Gasteiger partial charge on any atom is -0.0599 e. The Morgan fingerprint density at radius 1 is 0.889 bits per heavy atom. The summed E-state index contributed by atoms with van der Waals surface area (Å²) in [5.41, 5.74) is 4.23. The average Bonchev–Trinajstić information content (AvgIpc) is 2.95. The van der Waals surface area contributed by atoms with Crippen molar-refractivity contribution < 1.29 is 0 Å². The first-order valence-corrected chi connectivity index (χ1v) is 7.24. The van der Waals surface area contributed by atoms with Gasteiger partial charge in [-0.3, -0.25) is 0 Å². The molecule has 1 saturated carbocycles. The van der Waals surface area contributed by atoms with Crippen LogP contribution < -0.4 is 0 Å². The third-order valence-electron chi connectivity index (χ3n) is 4.43.